The van der Waals surface area contributed by atoms with Crippen LogP contribution >= 0.6 is 0 Å². The Bertz CT molecular complexity index is 376. The van der Waals surface area contributed by atoms with Gasteiger partial charge in [-0.3, -0.25) is 0 Å². The van der Waals surface area contributed by atoms with Crippen molar-refractivity contribution in [2.75, 3.05) is 19.8 Å². The van der Waals surface area contributed by atoms with Crippen molar-refractivity contribution in [1.29, 1.82) is 0 Å². The standard InChI is InChI=1S/C15H25NO3/c1-5-18-15(19-6-2)10-16-12(4)13-8-7-11(3)9-14(13)17/h7-9,12,15-17H,5-6,10H2,1-4H3. The van der Waals surface area contributed by atoms with Gasteiger partial charge in [-0.15, -0.1) is 0 Å². The summed E-state index contributed by atoms with van der Waals surface area (Å²) in [7, 11) is 0. The van der Waals surface area contributed by atoms with Gasteiger partial charge in [-0.25, -0.2) is 0 Å². The van der Waals surface area contributed by atoms with Crippen molar-refractivity contribution in [3.05, 3.63) is 29.3 Å². The van der Waals surface area contributed by atoms with Gasteiger partial charge in [-0.2, -0.15) is 0 Å². The third-order valence-corrected chi connectivity index (χ3v) is 2.95. The van der Waals surface area contributed by atoms with E-state index in [9.17, 15) is 5.11 Å². The van der Waals surface area contributed by atoms with Gasteiger partial charge in [-0.1, -0.05) is 12.1 Å². The number of aryl methyl sites for hydroxylation is 1. The highest BCUT2D eigenvalue weighted by Crippen LogP contribution is 2.24. The van der Waals surface area contributed by atoms with Crippen LogP contribution in [-0.2, 0) is 9.47 Å². The summed E-state index contributed by atoms with van der Waals surface area (Å²) in [5.41, 5.74) is 1.94. The summed E-state index contributed by atoms with van der Waals surface area (Å²) in [5.74, 6) is 0.323. The lowest BCUT2D eigenvalue weighted by Gasteiger charge is -2.21. The summed E-state index contributed by atoms with van der Waals surface area (Å²) in [6.45, 7) is 9.70. The predicted molar refractivity (Wildman–Crippen MR) is 76.3 cm³/mol. The molecule has 108 valence electrons. The molecule has 2 N–H and O–H groups in total. The minimum absolute atomic E-state index is 0.0454. The average molecular weight is 267 g/mol. The molecule has 0 aromatic heterocycles. The molecule has 1 aromatic rings. The van der Waals surface area contributed by atoms with E-state index >= 15 is 0 Å². The second-order valence-corrected chi connectivity index (χ2v) is 4.53. The van der Waals surface area contributed by atoms with Gasteiger partial charge in [0.2, 0.25) is 0 Å². The maximum atomic E-state index is 9.93. The summed E-state index contributed by atoms with van der Waals surface area (Å²) >= 11 is 0. The summed E-state index contributed by atoms with van der Waals surface area (Å²) in [5, 5.41) is 13.3. The summed E-state index contributed by atoms with van der Waals surface area (Å²) in [4.78, 5) is 0. The Labute approximate surface area is 115 Å². The largest absolute Gasteiger partial charge is 0.508 e. The number of hydrogen-bond acceptors (Lipinski definition) is 4. The van der Waals surface area contributed by atoms with E-state index in [0.717, 1.165) is 11.1 Å². The van der Waals surface area contributed by atoms with Gasteiger partial charge >= 0.3 is 0 Å². The topological polar surface area (TPSA) is 50.7 Å². The molecule has 0 aliphatic heterocycles. The second-order valence-electron chi connectivity index (χ2n) is 4.53. The van der Waals surface area contributed by atoms with Gasteiger partial charge in [0.25, 0.3) is 0 Å². The van der Waals surface area contributed by atoms with Crippen LogP contribution in [0.2, 0.25) is 0 Å². The molecule has 0 aliphatic rings. The Kier molecular flexibility index (Phi) is 6.84. The average Bonchev–Trinajstić information content (AvgIpc) is 2.36. The van der Waals surface area contributed by atoms with Crippen molar-refractivity contribution < 1.29 is 14.6 Å². The van der Waals surface area contributed by atoms with E-state index in [2.05, 4.69) is 5.32 Å². The molecule has 1 aromatic carbocycles. The zero-order valence-electron chi connectivity index (χ0n) is 12.3. The molecule has 0 saturated heterocycles. The van der Waals surface area contributed by atoms with Gasteiger partial charge in [0, 0.05) is 31.4 Å². The minimum Gasteiger partial charge on any atom is -0.508 e. The molecular formula is C15H25NO3. The fourth-order valence-electron chi connectivity index (χ4n) is 1.94. The predicted octanol–water partition coefficient (Wildman–Crippen LogP) is 2.75. The zero-order valence-corrected chi connectivity index (χ0v) is 12.3. The molecule has 19 heavy (non-hydrogen) atoms. The molecule has 0 saturated carbocycles. The van der Waals surface area contributed by atoms with E-state index in [-0.39, 0.29) is 12.3 Å². The van der Waals surface area contributed by atoms with Gasteiger partial charge in [-0.05, 0) is 39.3 Å². The molecule has 1 atom stereocenters. The van der Waals surface area contributed by atoms with Crippen LogP contribution in [0.15, 0.2) is 18.2 Å². The third-order valence-electron chi connectivity index (χ3n) is 2.95. The highest BCUT2D eigenvalue weighted by Gasteiger charge is 2.13. The van der Waals surface area contributed by atoms with Crippen LogP contribution in [0.5, 0.6) is 5.75 Å². The van der Waals surface area contributed by atoms with Crippen LogP contribution in [0.3, 0.4) is 0 Å². The highest BCUT2D eigenvalue weighted by molar-refractivity contribution is 5.37. The molecule has 4 nitrogen and oxygen atoms in total. The van der Waals surface area contributed by atoms with Crippen molar-refractivity contribution in [3.63, 3.8) is 0 Å². The Morgan fingerprint density at radius 2 is 1.84 bits per heavy atom. The van der Waals surface area contributed by atoms with E-state index in [1.165, 1.54) is 0 Å². The van der Waals surface area contributed by atoms with Gasteiger partial charge in [0.05, 0.1) is 0 Å². The number of nitrogens with one attached hydrogen (secondary N) is 1. The lowest BCUT2D eigenvalue weighted by Crippen LogP contribution is -2.33. The van der Waals surface area contributed by atoms with E-state index in [1.54, 1.807) is 6.07 Å². The normalized spacial score (nSPS) is 12.9. The van der Waals surface area contributed by atoms with E-state index < -0.39 is 0 Å². The molecule has 0 spiro atoms. The van der Waals surface area contributed by atoms with Crippen LogP contribution in [0.25, 0.3) is 0 Å². The maximum absolute atomic E-state index is 9.93. The van der Waals surface area contributed by atoms with Crippen LogP contribution in [0, 0.1) is 6.92 Å². The molecule has 0 heterocycles. The highest BCUT2D eigenvalue weighted by atomic mass is 16.7. The first-order chi connectivity index (χ1) is 9.08. The molecular weight excluding hydrogens is 242 g/mol. The molecule has 0 amide bonds. The number of phenolic OH excluding ortho intramolecular Hbond substituents is 1. The number of aromatic hydroxyl groups is 1. The Hall–Kier alpha value is -1.10. The Morgan fingerprint density at radius 3 is 2.37 bits per heavy atom. The minimum atomic E-state index is -0.245. The van der Waals surface area contributed by atoms with Gasteiger partial charge in [0.15, 0.2) is 6.29 Å². The quantitative estimate of drug-likeness (QED) is 0.711. The van der Waals surface area contributed by atoms with Crippen molar-refractivity contribution >= 4 is 0 Å². The molecule has 4 heteroatoms. The number of hydrogen-bond donors (Lipinski definition) is 2. The van der Waals surface area contributed by atoms with Crippen LogP contribution in [-0.4, -0.2) is 31.2 Å². The summed E-state index contributed by atoms with van der Waals surface area (Å²) in [6, 6.07) is 5.76. The number of ether oxygens (including phenoxy) is 2. The van der Waals surface area contributed by atoms with Crippen molar-refractivity contribution in [2.24, 2.45) is 0 Å². The fraction of sp³-hybridized carbons (Fsp3) is 0.600. The van der Waals surface area contributed by atoms with Crippen molar-refractivity contribution in [3.8, 4) is 5.75 Å². The van der Waals surface area contributed by atoms with E-state index in [1.807, 2.05) is 39.8 Å². The first kappa shape index (κ1) is 16.0. The molecule has 0 aliphatic carbocycles. The van der Waals surface area contributed by atoms with Crippen LogP contribution in [0.1, 0.15) is 37.9 Å². The second kappa shape index (κ2) is 8.15. The monoisotopic (exact) mass is 267 g/mol. The Balaban J connectivity index is 2.55. The first-order valence-corrected chi connectivity index (χ1v) is 6.84. The molecule has 0 bridgehead atoms. The molecule has 1 unspecified atom stereocenters. The number of phenols is 1. The third kappa shape index (κ3) is 5.19. The van der Waals surface area contributed by atoms with Crippen LogP contribution < -0.4 is 5.32 Å². The summed E-state index contributed by atoms with van der Waals surface area (Å²) in [6.07, 6.45) is -0.245. The molecule has 1 rings (SSSR count). The lowest BCUT2D eigenvalue weighted by molar-refractivity contribution is -0.133. The van der Waals surface area contributed by atoms with Crippen molar-refractivity contribution in [1.82, 2.24) is 5.32 Å². The fourth-order valence-corrected chi connectivity index (χ4v) is 1.94. The summed E-state index contributed by atoms with van der Waals surface area (Å²) < 4.78 is 10.9. The first-order valence-electron chi connectivity index (χ1n) is 6.84. The SMILES string of the molecule is CCOC(CNC(C)c1ccc(C)cc1O)OCC. The maximum Gasteiger partial charge on any atom is 0.169 e. The molecule has 0 radical (unpaired) electrons. The van der Waals surface area contributed by atoms with Crippen molar-refractivity contribution in [2.45, 2.75) is 40.0 Å². The zero-order chi connectivity index (χ0) is 14.3. The van der Waals surface area contributed by atoms with E-state index in [4.69, 9.17) is 9.47 Å². The number of benzene rings is 1. The van der Waals surface area contributed by atoms with Gasteiger partial charge in [0.1, 0.15) is 5.75 Å². The van der Waals surface area contributed by atoms with Crippen LogP contribution in [0.4, 0.5) is 0 Å². The smallest absolute Gasteiger partial charge is 0.169 e. The molecule has 0 fully saturated rings. The lowest BCUT2D eigenvalue weighted by atomic mass is 10.1. The van der Waals surface area contributed by atoms with E-state index in [0.29, 0.717) is 25.5 Å². The Morgan fingerprint density at radius 1 is 1.21 bits per heavy atom. The van der Waals surface area contributed by atoms with Gasteiger partial charge < -0.3 is 19.9 Å². The number of rotatable bonds is 8.